The molecule has 31 heavy (non-hydrogen) atoms. The Hall–Kier alpha value is -2.86. The maximum absolute atomic E-state index is 13.1. The zero-order valence-electron chi connectivity index (χ0n) is 18.3. The predicted octanol–water partition coefficient (Wildman–Crippen LogP) is 3.58. The van der Waals surface area contributed by atoms with Gasteiger partial charge in [-0.25, -0.2) is 4.79 Å². The van der Waals surface area contributed by atoms with Gasteiger partial charge < -0.3 is 15.1 Å². The number of aryl methyl sites for hydroxylation is 1. The van der Waals surface area contributed by atoms with Crippen LogP contribution in [-0.2, 0) is 11.3 Å². The molecule has 0 spiro atoms. The lowest BCUT2D eigenvalue weighted by molar-refractivity contribution is -0.138. The van der Waals surface area contributed by atoms with Crippen molar-refractivity contribution in [3.63, 3.8) is 0 Å². The Morgan fingerprint density at radius 2 is 1.71 bits per heavy atom. The molecule has 2 aromatic rings. The van der Waals surface area contributed by atoms with E-state index in [4.69, 9.17) is 0 Å². The van der Waals surface area contributed by atoms with Crippen LogP contribution in [0.4, 0.5) is 10.5 Å². The molecule has 1 atom stereocenters. The standard InChI is InChI=1S/C25H32N4O2/c1-20-7-5-11-23(17-20)26-25(31)29-12-6-10-22(19-29)24(30)28-15-13-27(14-16-28)18-21-8-3-2-4-9-21/h2-5,7-9,11,17,22H,6,10,12-16,18-19H2,1H3,(H,26,31). The molecule has 0 saturated carbocycles. The van der Waals surface area contributed by atoms with Crippen LogP contribution in [0.2, 0.25) is 0 Å². The number of benzene rings is 2. The molecule has 0 bridgehead atoms. The molecule has 164 valence electrons. The number of nitrogens with one attached hydrogen (secondary N) is 1. The van der Waals surface area contributed by atoms with Crippen LogP contribution in [0.3, 0.4) is 0 Å². The fraction of sp³-hybridized carbons (Fsp3) is 0.440. The van der Waals surface area contributed by atoms with Gasteiger partial charge in [-0.3, -0.25) is 9.69 Å². The smallest absolute Gasteiger partial charge is 0.321 e. The molecule has 2 aliphatic heterocycles. The largest absolute Gasteiger partial charge is 0.340 e. The average Bonchev–Trinajstić information content (AvgIpc) is 2.80. The second kappa shape index (κ2) is 9.96. The molecule has 0 aromatic heterocycles. The number of hydrogen-bond acceptors (Lipinski definition) is 3. The molecular formula is C25H32N4O2. The van der Waals surface area contributed by atoms with E-state index in [0.29, 0.717) is 13.1 Å². The summed E-state index contributed by atoms with van der Waals surface area (Å²) in [7, 11) is 0. The summed E-state index contributed by atoms with van der Waals surface area (Å²) in [5, 5.41) is 2.98. The quantitative estimate of drug-likeness (QED) is 0.823. The van der Waals surface area contributed by atoms with Crippen molar-refractivity contribution in [2.45, 2.75) is 26.3 Å². The molecule has 2 saturated heterocycles. The molecule has 6 nitrogen and oxygen atoms in total. The highest BCUT2D eigenvalue weighted by Gasteiger charge is 2.32. The van der Waals surface area contributed by atoms with Crippen LogP contribution in [0.1, 0.15) is 24.0 Å². The minimum atomic E-state index is -0.115. The summed E-state index contributed by atoms with van der Waals surface area (Å²) in [5.41, 5.74) is 3.22. The number of nitrogens with zero attached hydrogens (tertiary/aromatic N) is 3. The van der Waals surface area contributed by atoms with Gasteiger partial charge >= 0.3 is 6.03 Å². The van der Waals surface area contributed by atoms with Gasteiger partial charge in [0.15, 0.2) is 0 Å². The monoisotopic (exact) mass is 420 g/mol. The van der Waals surface area contributed by atoms with E-state index in [9.17, 15) is 9.59 Å². The summed E-state index contributed by atoms with van der Waals surface area (Å²) in [5.74, 6) is 0.102. The van der Waals surface area contributed by atoms with Gasteiger partial charge in [-0.15, -0.1) is 0 Å². The zero-order chi connectivity index (χ0) is 21.6. The number of urea groups is 1. The Balaban J connectivity index is 1.27. The number of carbonyl (C=O) groups excluding carboxylic acids is 2. The van der Waals surface area contributed by atoms with Gasteiger partial charge in [0.25, 0.3) is 0 Å². The second-order valence-electron chi connectivity index (χ2n) is 8.67. The van der Waals surface area contributed by atoms with E-state index >= 15 is 0 Å². The third-order valence-electron chi connectivity index (χ3n) is 6.26. The van der Waals surface area contributed by atoms with Gasteiger partial charge in [-0.2, -0.15) is 0 Å². The number of rotatable bonds is 4. The number of piperazine rings is 1. The van der Waals surface area contributed by atoms with Gasteiger partial charge in [0, 0.05) is 51.5 Å². The minimum Gasteiger partial charge on any atom is -0.340 e. The summed E-state index contributed by atoms with van der Waals surface area (Å²) >= 11 is 0. The summed E-state index contributed by atoms with van der Waals surface area (Å²) in [6.45, 7) is 7.45. The minimum absolute atomic E-state index is 0.0994. The molecule has 2 fully saturated rings. The van der Waals surface area contributed by atoms with Crippen LogP contribution < -0.4 is 5.32 Å². The molecule has 2 aromatic carbocycles. The molecule has 0 radical (unpaired) electrons. The maximum Gasteiger partial charge on any atom is 0.321 e. The number of piperidine rings is 1. The van der Waals surface area contributed by atoms with Crippen LogP contribution in [0.25, 0.3) is 0 Å². The van der Waals surface area contributed by atoms with Gasteiger partial charge in [0.05, 0.1) is 5.92 Å². The van der Waals surface area contributed by atoms with Crippen LogP contribution >= 0.6 is 0 Å². The summed E-state index contributed by atoms with van der Waals surface area (Å²) in [6.07, 6.45) is 1.73. The first-order valence-electron chi connectivity index (χ1n) is 11.3. The van der Waals surface area contributed by atoms with E-state index in [1.54, 1.807) is 4.90 Å². The highest BCUT2D eigenvalue weighted by molar-refractivity contribution is 5.90. The summed E-state index contributed by atoms with van der Waals surface area (Å²) in [6, 6.07) is 18.1. The zero-order valence-corrected chi connectivity index (χ0v) is 18.3. The van der Waals surface area contributed by atoms with Gasteiger partial charge in [0.2, 0.25) is 5.91 Å². The summed E-state index contributed by atoms with van der Waals surface area (Å²) < 4.78 is 0. The maximum atomic E-state index is 13.1. The van der Waals surface area contributed by atoms with Crippen molar-refractivity contribution in [3.8, 4) is 0 Å². The Morgan fingerprint density at radius 3 is 2.45 bits per heavy atom. The van der Waals surface area contributed by atoms with Crippen molar-refractivity contribution in [1.82, 2.24) is 14.7 Å². The highest BCUT2D eigenvalue weighted by atomic mass is 16.2. The van der Waals surface area contributed by atoms with Gasteiger partial charge in [-0.05, 0) is 43.0 Å². The lowest BCUT2D eigenvalue weighted by Gasteiger charge is -2.39. The van der Waals surface area contributed by atoms with Crippen LogP contribution in [0, 0.1) is 12.8 Å². The lowest BCUT2D eigenvalue weighted by Crippen LogP contribution is -2.53. The van der Waals surface area contributed by atoms with E-state index in [-0.39, 0.29) is 17.9 Å². The fourth-order valence-corrected chi connectivity index (χ4v) is 4.51. The summed E-state index contributed by atoms with van der Waals surface area (Å²) in [4.78, 5) is 32.1. The van der Waals surface area contributed by atoms with Gasteiger partial charge in [-0.1, -0.05) is 42.5 Å². The molecular weight excluding hydrogens is 388 g/mol. The normalized spacial score (nSPS) is 19.8. The van der Waals surface area contributed by atoms with Crippen molar-refractivity contribution < 1.29 is 9.59 Å². The Bertz CT molecular complexity index is 893. The van der Waals surface area contributed by atoms with E-state index in [0.717, 1.165) is 56.8 Å². The van der Waals surface area contributed by atoms with Crippen LogP contribution in [0.15, 0.2) is 54.6 Å². The molecule has 6 heteroatoms. The molecule has 4 rings (SSSR count). The van der Waals surface area contributed by atoms with Crippen LogP contribution in [0.5, 0.6) is 0 Å². The van der Waals surface area contributed by atoms with E-state index < -0.39 is 0 Å². The molecule has 1 N–H and O–H groups in total. The topological polar surface area (TPSA) is 55.9 Å². The molecule has 2 heterocycles. The van der Waals surface area contributed by atoms with Crippen molar-refractivity contribution in [2.24, 2.45) is 5.92 Å². The van der Waals surface area contributed by atoms with Crippen LogP contribution in [-0.4, -0.2) is 65.9 Å². The van der Waals surface area contributed by atoms with Gasteiger partial charge in [0.1, 0.15) is 0 Å². The Kier molecular flexibility index (Phi) is 6.87. The fourth-order valence-electron chi connectivity index (χ4n) is 4.51. The Morgan fingerprint density at radius 1 is 0.935 bits per heavy atom. The third-order valence-corrected chi connectivity index (χ3v) is 6.26. The highest BCUT2D eigenvalue weighted by Crippen LogP contribution is 2.21. The molecule has 0 aliphatic carbocycles. The predicted molar refractivity (Wildman–Crippen MR) is 123 cm³/mol. The van der Waals surface area contributed by atoms with Crippen molar-refractivity contribution >= 4 is 17.6 Å². The molecule has 1 unspecified atom stereocenters. The number of hydrogen-bond donors (Lipinski definition) is 1. The number of amides is 3. The first-order chi connectivity index (χ1) is 15.1. The van der Waals surface area contributed by atoms with Crippen molar-refractivity contribution in [3.05, 3.63) is 65.7 Å². The first kappa shape index (κ1) is 21.4. The average molecular weight is 421 g/mol. The second-order valence-corrected chi connectivity index (χ2v) is 8.67. The Labute approximate surface area is 184 Å². The molecule has 2 aliphatic rings. The van der Waals surface area contributed by atoms with E-state index in [1.807, 2.05) is 42.2 Å². The number of carbonyl (C=O) groups is 2. The SMILES string of the molecule is Cc1cccc(NC(=O)N2CCCC(C(=O)N3CCN(Cc4ccccc4)CC3)C2)c1. The first-order valence-corrected chi connectivity index (χ1v) is 11.3. The lowest BCUT2D eigenvalue weighted by atomic mass is 9.96. The van der Waals surface area contributed by atoms with Crippen molar-refractivity contribution in [1.29, 1.82) is 0 Å². The van der Waals surface area contributed by atoms with Crippen molar-refractivity contribution in [2.75, 3.05) is 44.6 Å². The number of anilines is 1. The molecule has 3 amide bonds. The van der Waals surface area contributed by atoms with E-state index in [2.05, 4.69) is 34.5 Å². The van der Waals surface area contributed by atoms with E-state index in [1.165, 1.54) is 5.56 Å². The number of likely N-dealkylation sites (tertiary alicyclic amines) is 1. The third kappa shape index (κ3) is 5.64.